The number of nitrogens with zero attached hydrogens (tertiary/aromatic N) is 2. The van der Waals surface area contributed by atoms with Gasteiger partial charge < -0.3 is 15.0 Å². The molecule has 8 nitrogen and oxygen atoms in total. The lowest BCUT2D eigenvalue weighted by atomic mass is 10.1. The number of halogens is 2. The first-order valence-electron chi connectivity index (χ1n) is 11.6. The molecule has 37 heavy (non-hydrogen) atoms. The minimum absolute atomic E-state index is 0.0101. The monoisotopic (exact) mass is 627 g/mol. The standard InChI is InChI=1S/C25H27BrClN3O5S2/c1-25(2,3)35-24(32)28-18(11-15-7-5-4-6-8-15)22(31)29-23-30(19-10-9-16(26)12-17(19)27)20-13-37(33,34)14-21(20)36-23/h4-10,12,18,20-21H,11,13-14H2,1-3H3,(H,28,32)/t18-,20-,21+/m1/s1. The van der Waals surface area contributed by atoms with Gasteiger partial charge in [0.25, 0.3) is 5.91 Å². The molecular formula is C25H27BrClN3O5S2. The number of ether oxygens (including phenoxy) is 1. The maximum Gasteiger partial charge on any atom is 0.408 e. The molecule has 2 saturated heterocycles. The van der Waals surface area contributed by atoms with Gasteiger partial charge in [0.2, 0.25) is 0 Å². The molecule has 2 aliphatic rings. The van der Waals surface area contributed by atoms with Crippen LogP contribution in [0.25, 0.3) is 0 Å². The van der Waals surface area contributed by atoms with Gasteiger partial charge in [-0.05, 0) is 44.5 Å². The molecule has 2 aromatic carbocycles. The fourth-order valence-corrected chi connectivity index (χ4v) is 8.87. The number of thioether (sulfide) groups is 1. The van der Waals surface area contributed by atoms with Gasteiger partial charge in [0, 0.05) is 16.1 Å². The zero-order valence-electron chi connectivity index (χ0n) is 20.5. The molecule has 0 aromatic heterocycles. The fraction of sp³-hybridized carbons (Fsp3) is 0.400. The van der Waals surface area contributed by atoms with Crippen LogP contribution in [0.15, 0.2) is 58.0 Å². The second-order valence-corrected chi connectivity index (χ2v) is 14.6. The average Bonchev–Trinajstić information content (AvgIpc) is 3.24. The van der Waals surface area contributed by atoms with Crippen LogP contribution in [-0.4, -0.2) is 60.0 Å². The molecule has 2 aliphatic heterocycles. The number of sulfone groups is 1. The number of rotatable bonds is 5. The number of aliphatic imine (C=N–C) groups is 1. The minimum Gasteiger partial charge on any atom is -0.444 e. The smallest absolute Gasteiger partial charge is 0.408 e. The van der Waals surface area contributed by atoms with Crippen LogP contribution in [-0.2, 0) is 25.8 Å². The molecule has 2 fully saturated rings. The van der Waals surface area contributed by atoms with Crippen molar-refractivity contribution in [3.63, 3.8) is 0 Å². The van der Waals surface area contributed by atoms with Crippen LogP contribution >= 0.6 is 39.3 Å². The van der Waals surface area contributed by atoms with Crippen LogP contribution in [0.2, 0.25) is 5.02 Å². The Balaban J connectivity index is 1.67. The van der Waals surface area contributed by atoms with Crippen LogP contribution in [0, 0.1) is 0 Å². The zero-order valence-corrected chi connectivity index (χ0v) is 24.5. The van der Waals surface area contributed by atoms with E-state index in [2.05, 4.69) is 26.2 Å². The first-order valence-corrected chi connectivity index (χ1v) is 15.5. The van der Waals surface area contributed by atoms with Crippen molar-refractivity contribution in [2.45, 2.75) is 50.1 Å². The first kappa shape index (κ1) is 27.9. The van der Waals surface area contributed by atoms with E-state index >= 15 is 0 Å². The normalized spacial score (nSPS) is 22.5. The lowest BCUT2D eigenvalue weighted by molar-refractivity contribution is -0.119. The molecule has 2 heterocycles. The van der Waals surface area contributed by atoms with Crippen LogP contribution in [0.3, 0.4) is 0 Å². The van der Waals surface area contributed by atoms with E-state index in [0.717, 1.165) is 10.0 Å². The predicted octanol–water partition coefficient (Wildman–Crippen LogP) is 4.84. The zero-order chi connectivity index (χ0) is 27.0. The van der Waals surface area contributed by atoms with E-state index < -0.39 is 39.5 Å². The Morgan fingerprint density at radius 2 is 1.92 bits per heavy atom. The van der Waals surface area contributed by atoms with Crippen molar-refractivity contribution in [2.75, 3.05) is 16.4 Å². The minimum atomic E-state index is -3.24. The van der Waals surface area contributed by atoms with Crippen LogP contribution < -0.4 is 10.2 Å². The van der Waals surface area contributed by atoms with Gasteiger partial charge in [-0.15, -0.1) is 0 Å². The van der Waals surface area contributed by atoms with E-state index in [-0.39, 0.29) is 23.2 Å². The van der Waals surface area contributed by atoms with E-state index in [0.29, 0.717) is 15.9 Å². The Morgan fingerprint density at radius 3 is 2.57 bits per heavy atom. The van der Waals surface area contributed by atoms with Crippen LogP contribution in [0.1, 0.15) is 26.3 Å². The summed E-state index contributed by atoms with van der Waals surface area (Å²) in [6.07, 6.45) is -0.516. The molecule has 0 bridgehead atoms. The van der Waals surface area contributed by atoms with Crippen molar-refractivity contribution in [1.29, 1.82) is 0 Å². The second-order valence-electron chi connectivity index (χ2n) is 9.89. The third-order valence-electron chi connectivity index (χ3n) is 5.71. The molecule has 4 rings (SSSR count). The third kappa shape index (κ3) is 7.07. The highest BCUT2D eigenvalue weighted by molar-refractivity contribution is 9.10. The molecule has 12 heteroatoms. The Labute approximate surface area is 234 Å². The van der Waals surface area contributed by atoms with Crippen molar-refractivity contribution in [1.82, 2.24) is 5.32 Å². The number of hydrogen-bond donors (Lipinski definition) is 1. The van der Waals surface area contributed by atoms with Crippen molar-refractivity contribution >= 4 is 72.0 Å². The number of alkyl carbamates (subject to hydrolysis) is 1. The van der Waals surface area contributed by atoms with Gasteiger partial charge in [0.1, 0.15) is 11.6 Å². The Morgan fingerprint density at radius 1 is 1.22 bits per heavy atom. The molecule has 0 aliphatic carbocycles. The summed E-state index contributed by atoms with van der Waals surface area (Å²) in [4.78, 5) is 32.2. The number of amides is 2. The molecule has 3 atom stereocenters. The summed E-state index contributed by atoms with van der Waals surface area (Å²) in [6, 6.07) is 13.1. The maximum atomic E-state index is 13.5. The summed E-state index contributed by atoms with van der Waals surface area (Å²) in [7, 11) is -3.24. The fourth-order valence-electron chi connectivity index (χ4n) is 4.19. The molecule has 198 valence electrons. The molecule has 1 N–H and O–H groups in total. The first-order chi connectivity index (χ1) is 17.3. The largest absolute Gasteiger partial charge is 0.444 e. The summed E-state index contributed by atoms with van der Waals surface area (Å²) in [5.41, 5.74) is 0.663. The van der Waals surface area contributed by atoms with Gasteiger partial charge >= 0.3 is 6.09 Å². The number of fused-ring (bicyclic) bond motifs is 1. The third-order valence-corrected chi connectivity index (χ3v) is 9.72. The van der Waals surface area contributed by atoms with E-state index in [9.17, 15) is 18.0 Å². The lowest BCUT2D eigenvalue weighted by Crippen LogP contribution is -2.45. The summed E-state index contributed by atoms with van der Waals surface area (Å²) < 4.78 is 30.9. The summed E-state index contributed by atoms with van der Waals surface area (Å²) in [5.74, 6) is -0.643. The topological polar surface area (TPSA) is 105 Å². The van der Waals surface area contributed by atoms with Gasteiger partial charge in [0.05, 0.1) is 28.3 Å². The SMILES string of the molecule is CC(C)(C)OC(=O)N[C@H](Cc1ccccc1)C(=O)N=C1S[C@H]2CS(=O)(=O)C[C@H]2N1c1ccc(Br)cc1Cl. The number of nitrogens with one attached hydrogen (secondary N) is 1. The highest BCUT2D eigenvalue weighted by atomic mass is 79.9. The van der Waals surface area contributed by atoms with Crippen molar-refractivity contribution in [3.05, 3.63) is 63.6 Å². The van der Waals surface area contributed by atoms with Crippen molar-refractivity contribution < 1.29 is 22.7 Å². The van der Waals surface area contributed by atoms with E-state index in [4.69, 9.17) is 16.3 Å². The number of hydrogen-bond acceptors (Lipinski definition) is 6. The number of benzene rings is 2. The molecule has 0 spiro atoms. The van der Waals surface area contributed by atoms with Gasteiger partial charge in [-0.25, -0.2) is 13.2 Å². The Kier molecular flexibility index (Phi) is 8.27. The molecular weight excluding hydrogens is 602 g/mol. The molecule has 0 radical (unpaired) electrons. The van der Waals surface area contributed by atoms with Crippen molar-refractivity contribution in [3.8, 4) is 0 Å². The van der Waals surface area contributed by atoms with E-state index in [1.807, 2.05) is 30.3 Å². The van der Waals surface area contributed by atoms with Gasteiger partial charge in [0.15, 0.2) is 15.0 Å². The number of carbonyl (C=O) groups excluding carboxylic acids is 2. The number of carbonyl (C=O) groups is 2. The van der Waals surface area contributed by atoms with Crippen LogP contribution in [0.5, 0.6) is 0 Å². The summed E-state index contributed by atoms with van der Waals surface area (Å²) >= 11 is 11.2. The average molecular weight is 629 g/mol. The highest BCUT2D eigenvalue weighted by Gasteiger charge is 2.50. The van der Waals surface area contributed by atoms with Gasteiger partial charge in [-0.3, -0.25) is 4.79 Å². The van der Waals surface area contributed by atoms with E-state index in [1.54, 1.807) is 43.9 Å². The molecule has 0 unspecified atom stereocenters. The van der Waals surface area contributed by atoms with E-state index in [1.165, 1.54) is 11.8 Å². The number of anilines is 1. The predicted molar refractivity (Wildman–Crippen MR) is 151 cm³/mol. The lowest BCUT2D eigenvalue weighted by Gasteiger charge is -2.26. The Bertz CT molecular complexity index is 1330. The highest BCUT2D eigenvalue weighted by Crippen LogP contribution is 2.43. The van der Waals surface area contributed by atoms with Gasteiger partial charge in [-0.1, -0.05) is 69.6 Å². The maximum absolute atomic E-state index is 13.5. The molecule has 0 saturated carbocycles. The summed E-state index contributed by atoms with van der Waals surface area (Å²) in [6.45, 7) is 5.22. The Hall–Kier alpha value is -2.08. The van der Waals surface area contributed by atoms with Crippen LogP contribution in [0.4, 0.5) is 10.5 Å². The molecule has 2 aromatic rings. The second kappa shape index (κ2) is 11.0. The molecule has 2 amide bonds. The summed E-state index contributed by atoms with van der Waals surface area (Å²) in [5, 5.41) is 3.12. The van der Waals surface area contributed by atoms with Crippen molar-refractivity contribution in [2.24, 2.45) is 4.99 Å². The number of amidine groups is 1. The van der Waals surface area contributed by atoms with Gasteiger partial charge in [-0.2, -0.15) is 4.99 Å². The quantitative estimate of drug-likeness (QED) is 0.505.